The van der Waals surface area contributed by atoms with Crippen molar-refractivity contribution in [3.05, 3.63) is 41.5 Å². The third-order valence-electron chi connectivity index (χ3n) is 14.4. The standard InChI is InChI=1S/C50H75N3O16/c1-6-8-12-22-49(23-13-9-7-2)67-40-34-26-50(47(62)52-24-14-19-33(52)44(60)51-32(28-54)20-21-36(56)66-48(3,4)5)42(45(61)64-34)53(69-43(50)41(40)68-49)27-31-17-11-10-16-30(31)18-15-25-63-46-39(59)38(58)37(57)35(29-55)65-46/h10-11,15-18,32-35,37-43,46,54-55,57-59H,6-9,12-14,19-29H2,1-5H3,(H,51,60)/t32-,33+,34+,35+,37-,38-,39+,40-,41-,42-,43+,46-,50-/m0/s1. The summed E-state index contributed by atoms with van der Waals surface area (Å²) in [6.07, 6.45) is 0.881. The van der Waals surface area contributed by atoms with E-state index < -0.39 is 127 Å². The molecule has 13 atom stereocenters. The Labute approximate surface area is 404 Å². The number of nitrogens with one attached hydrogen (secondary N) is 1. The molecule has 6 aliphatic rings. The number of aliphatic hydroxyl groups is 5. The van der Waals surface area contributed by atoms with Crippen molar-refractivity contribution in [2.75, 3.05) is 26.4 Å². The first-order valence-corrected chi connectivity index (χ1v) is 25.1. The predicted molar refractivity (Wildman–Crippen MR) is 246 cm³/mol. The molecule has 7 rings (SSSR count). The summed E-state index contributed by atoms with van der Waals surface area (Å²) in [7, 11) is 0. The van der Waals surface area contributed by atoms with E-state index in [9.17, 15) is 39.9 Å². The zero-order valence-electron chi connectivity index (χ0n) is 40.7. The zero-order valence-corrected chi connectivity index (χ0v) is 40.7. The highest BCUT2D eigenvalue weighted by Gasteiger charge is 2.77. The quantitative estimate of drug-likeness (QED) is 0.0722. The first-order valence-electron chi connectivity index (χ1n) is 25.1. The van der Waals surface area contributed by atoms with Crippen molar-refractivity contribution >= 4 is 29.8 Å². The molecule has 69 heavy (non-hydrogen) atoms. The van der Waals surface area contributed by atoms with E-state index in [-0.39, 0.29) is 39.0 Å². The largest absolute Gasteiger partial charge is 0.460 e. The minimum absolute atomic E-state index is 0.0280. The maximum absolute atomic E-state index is 15.7. The molecule has 1 aliphatic carbocycles. The predicted octanol–water partition coefficient (Wildman–Crippen LogP) is 2.55. The lowest BCUT2D eigenvalue weighted by molar-refractivity contribution is -0.298. The molecule has 1 aromatic carbocycles. The Balaban J connectivity index is 1.16. The molecule has 2 bridgehead atoms. The van der Waals surface area contributed by atoms with E-state index in [0.29, 0.717) is 36.8 Å². The van der Waals surface area contributed by atoms with E-state index >= 15 is 4.79 Å². The summed E-state index contributed by atoms with van der Waals surface area (Å²) in [4.78, 5) is 65.5. The van der Waals surface area contributed by atoms with Crippen molar-refractivity contribution in [3.8, 4) is 0 Å². The third kappa shape index (κ3) is 11.5. The van der Waals surface area contributed by atoms with Crippen molar-refractivity contribution in [2.24, 2.45) is 5.41 Å². The number of likely N-dealkylation sites (tertiary alicyclic amines) is 1. The van der Waals surface area contributed by atoms with E-state index in [2.05, 4.69) is 19.2 Å². The lowest BCUT2D eigenvalue weighted by Gasteiger charge is -2.50. The van der Waals surface area contributed by atoms with E-state index in [1.165, 1.54) is 9.96 Å². The molecule has 1 saturated carbocycles. The molecule has 5 saturated heterocycles. The van der Waals surface area contributed by atoms with Crippen LogP contribution in [0.15, 0.2) is 30.3 Å². The smallest absolute Gasteiger partial charge is 0.327 e. The monoisotopic (exact) mass is 974 g/mol. The Hall–Kier alpha value is -3.60. The molecular weight excluding hydrogens is 899 g/mol. The lowest BCUT2D eigenvalue weighted by atomic mass is 9.62. The van der Waals surface area contributed by atoms with Gasteiger partial charge in [0, 0.05) is 32.2 Å². The first kappa shape index (κ1) is 53.2. The number of carbonyl (C=O) groups is 4. The number of hydrogen-bond donors (Lipinski definition) is 6. The van der Waals surface area contributed by atoms with Crippen molar-refractivity contribution in [2.45, 2.75) is 209 Å². The Bertz CT molecular complexity index is 1950. The van der Waals surface area contributed by atoms with E-state index in [1.54, 1.807) is 32.9 Å². The van der Waals surface area contributed by atoms with E-state index in [0.717, 1.165) is 38.5 Å². The minimum Gasteiger partial charge on any atom is -0.460 e. The summed E-state index contributed by atoms with van der Waals surface area (Å²) in [6.45, 7) is 8.70. The molecule has 0 aromatic heterocycles. The van der Waals surface area contributed by atoms with E-state index in [4.69, 9.17) is 33.3 Å². The fourth-order valence-corrected chi connectivity index (χ4v) is 11.0. The van der Waals surface area contributed by atoms with Crippen LogP contribution in [0.4, 0.5) is 0 Å². The highest BCUT2D eigenvalue weighted by Crippen LogP contribution is 2.59. The molecule has 5 aliphatic heterocycles. The lowest BCUT2D eigenvalue weighted by Crippen LogP contribution is -2.70. The molecule has 6 N–H and O–H groups in total. The molecule has 1 aromatic rings. The first-order chi connectivity index (χ1) is 33.0. The van der Waals surface area contributed by atoms with Gasteiger partial charge in [-0.25, -0.2) is 0 Å². The van der Waals surface area contributed by atoms with Gasteiger partial charge in [0.1, 0.15) is 65.9 Å². The Morgan fingerprint density at radius 3 is 2.36 bits per heavy atom. The topological polar surface area (TPSA) is 253 Å². The number of benzene rings is 1. The van der Waals surface area contributed by atoms with Gasteiger partial charge in [0.15, 0.2) is 18.1 Å². The summed E-state index contributed by atoms with van der Waals surface area (Å²) in [5.74, 6) is -2.99. The maximum atomic E-state index is 15.7. The van der Waals surface area contributed by atoms with Crippen LogP contribution < -0.4 is 5.32 Å². The number of rotatable bonds is 22. The number of hydroxylamine groups is 2. The van der Waals surface area contributed by atoms with Crippen molar-refractivity contribution in [1.82, 2.24) is 15.3 Å². The van der Waals surface area contributed by atoms with Crippen LogP contribution in [0.25, 0.3) is 6.08 Å². The number of unbranched alkanes of at least 4 members (excludes halogenated alkanes) is 4. The number of ether oxygens (including phenoxy) is 6. The number of carbonyl (C=O) groups excluding carboxylic acids is 4. The molecule has 19 heteroatoms. The summed E-state index contributed by atoms with van der Waals surface area (Å²) in [5.41, 5.74) is -0.818. The number of fused-ring (bicyclic) bond motifs is 4. The zero-order chi connectivity index (χ0) is 49.7. The van der Waals surface area contributed by atoms with Gasteiger partial charge in [-0.1, -0.05) is 75.9 Å². The average molecular weight is 974 g/mol. The van der Waals surface area contributed by atoms with Gasteiger partial charge in [-0.2, -0.15) is 5.06 Å². The molecular formula is C50H75N3O16. The van der Waals surface area contributed by atoms with Gasteiger partial charge in [-0.15, -0.1) is 0 Å². The molecule has 0 radical (unpaired) electrons. The molecule has 19 nitrogen and oxygen atoms in total. The molecule has 0 unspecified atom stereocenters. The SMILES string of the molecule is CCCCCC1(CCCCC)O[C@@H]2[C@H](O1)[C@H]1ON(Cc3ccccc3C=CCO[C@H]3O[C@H](CO)[C@H](O)[C@H](O)[C@H]3O)[C@H]3C(=O)O[C@@H]2C[C@@]13C(=O)N1CCC[C@@H]1C(=O)N[C@H](CO)CCC(=O)OC(C)(C)C. The summed E-state index contributed by atoms with van der Waals surface area (Å²) < 4.78 is 36.9. The van der Waals surface area contributed by atoms with Crippen LogP contribution in [0, 0.1) is 5.41 Å². The number of esters is 2. The van der Waals surface area contributed by atoms with Gasteiger partial charge in [0.2, 0.25) is 11.8 Å². The molecule has 6 fully saturated rings. The fraction of sp³-hybridized carbons (Fsp3) is 0.760. The Morgan fingerprint density at radius 1 is 0.971 bits per heavy atom. The minimum atomic E-state index is -1.59. The van der Waals surface area contributed by atoms with Crippen LogP contribution >= 0.6 is 0 Å². The number of hydrogen-bond acceptors (Lipinski definition) is 17. The van der Waals surface area contributed by atoms with Gasteiger partial charge >= 0.3 is 11.9 Å². The highest BCUT2D eigenvalue weighted by molar-refractivity contribution is 5.96. The van der Waals surface area contributed by atoms with Gasteiger partial charge in [0.25, 0.3) is 0 Å². The van der Waals surface area contributed by atoms with Gasteiger partial charge in [-0.3, -0.25) is 24.0 Å². The average Bonchev–Trinajstić information content (AvgIpc) is 4.05. The second-order valence-corrected chi connectivity index (χ2v) is 20.5. The van der Waals surface area contributed by atoms with Crippen LogP contribution in [-0.4, -0.2) is 170 Å². The van der Waals surface area contributed by atoms with E-state index in [1.807, 2.05) is 24.3 Å². The van der Waals surface area contributed by atoms with Crippen LogP contribution in [0.1, 0.15) is 129 Å². The highest BCUT2D eigenvalue weighted by atomic mass is 16.8. The third-order valence-corrected chi connectivity index (χ3v) is 14.4. The van der Waals surface area contributed by atoms with Crippen molar-refractivity contribution in [3.63, 3.8) is 0 Å². The van der Waals surface area contributed by atoms with Gasteiger partial charge in [0.05, 0.1) is 32.4 Å². The molecule has 386 valence electrons. The van der Waals surface area contributed by atoms with Crippen molar-refractivity contribution in [1.29, 1.82) is 0 Å². The fourth-order valence-electron chi connectivity index (χ4n) is 11.0. The second-order valence-electron chi connectivity index (χ2n) is 20.5. The second kappa shape index (κ2) is 22.9. The number of nitrogens with zero attached hydrogens (tertiary/aromatic N) is 2. The summed E-state index contributed by atoms with van der Waals surface area (Å²) in [6, 6.07) is 4.45. The number of amides is 2. The summed E-state index contributed by atoms with van der Waals surface area (Å²) >= 11 is 0. The molecule has 0 spiro atoms. The van der Waals surface area contributed by atoms with Crippen molar-refractivity contribution < 1.29 is 78.0 Å². The molecule has 2 amide bonds. The normalized spacial score (nSPS) is 33.3. The summed E-state index contributed by atoms with van der Waals surface area (Å²) in [5, 5.41) is 55.1. The van der Waals surface area contributed by atoms with Gasteiger partial charge in [-0.05, 0) is 64.0 Å². The van der Waals surface area contributed by atoms with Crippen LogP contribution in [0.5, 0.6) is 0 Å². The molecule has 5 heterocycles. The number of aliphatic hydroxyl groups excluding tert-OH is 5. The maximum Gasteiger partial charge on any atom is 0.327 e. The van der Waals surface area contributed by atoms with Crippen LogP contribution in [-0.2, 0) is 59.0 Å². The Kier molecular flexibility index (Phi) is 17.6. The van der Waals surface area contributed by atoms with Crippen LogP contribution in [0.3, 0.4) is 0 Å². The van der Waals surface area contributed by atoms with Gasteiger partial charge < -0.3 is 64.2 Å². The Morgan fingerprint density at radius 2 is 1.68 bits per heavy atom. The van der Waals surface area contributed by atoms with Crippen LogP contribution in [0.2, 0.25) is 0 Å².